The minimum atomic E-state index is -0.877. The van der Waals surface area contributed by atoms with Crippen LogP contribution in [0, 0.1) is 0 Å². The molecule has 1 saturated heterocycles. The molecule has 1 aromatic carbocycles. The van der Waals surface area contributed by atoms with Crippen molar-refractivity contribution in [3.8, 4) is 0 Å². The number of aromatic nitrogens is 1. The standard InChI is InChI=1S/C16H19N3O2/c20-16(21)14-1-3-15(4-2-14)19-9-7-18(8-10-19)12-13-5-6-17-11-13/h1-6,11,17H,7-10,12H2,(H,20,21). The lowest BCUT2D eigenvalue weighted by Crippen LogP contribution is -2.45. The fourth-order valence-corrected chi connectivity index (χ4v) is 2.69. The number of nitrogens with one attached hydrogen (secondary N) is 1. The summed E-state index contributed by atoms with van der Waals surface area (Å²) in [5.41, 5.74) is 2.75. The van der Waals surface area contributed by atoms with E-state index in [4.69, 9.17) is 5.11 Å². The topological polar surface area (TPSA) is 59.6 Å². The van der Waals surface area contributed by atoms with Crippen molar-refractivity contribution in [2.45, 2.75) is 6.54 Å². The molecule has 0 saturated carbocycles. The van der Waals surface area contributed by atoms with Gasteiger partial charge in [-0.25, -0.2) is 4.79 Å². The molecule has 0 atom stereocenters. The number of rotatable bonds is 4. The zero-order valence-corrected chi connectivity index (χ0v) is 11.8. The molecule has 0 spiro atoms. The lowest BCUT2D eigenvalue weighted by Gasteiger charge is -2.36. The van der Waals surface area contributed by atoms with Gasteiger partial charge in [0.25, 0.3) is 0 Å². The first-order chi connectivity index (χ1) is 10.2. The van der Waals surface area contributed by atoms with Gasteiger partial charge in [-0.15, -0.1) is 0 Å². The minimum absolute atomic E-state index is 0.338. The molecule has 1 aliphatic rings. The summed E-state index contributed by atoms with van der Waals surface area (Å²) in [4.78, 5) is 18.7. The quantitative estimate of drug-likeness (QED) is 0.902. The molecule has 21 heavy (non-hydrogen) atoms. The van der Waals surface area contributed by atoms with E-state index in [0.29, 0.717) is 5.56 Å². The van der Waals surface area contributed by atoms with E-state index < -0.39 is 5.97 Å². The van der Waals surface area contributed by atoms with Crippen LogP contribution in [0.2, 0.25) is 0 Å². The third-order valence-corrected chi connectivity index (χ3v) is 3.92. The first-order valence-electron chi connectivity index (χ1n) is 7.15. The van der Waals surface area contributed by atoms with Gasteiger partial charge in [0.1, 0.15) is 0 Å². The number of hydrogen-bond donors (Lipinski definition) is 2. The van der Waals surface area contributed by atoms with E-state index in [9.17, 15) is 4.79 Å². The van der Waals surface area contributed by atoms with Crippen molar-refractivity contribution in [3.05, 3.63) is 53.9 Å². The number of nitrogens with zero attached hydrogens (tertiary/aromatic N) is 2. The van der Waals surface area contributed by atoms with Crippen LogP contribution in [0.3, 0.4) is 0 Å². The molecule has 1 fully saturated rings. The zero-order chi connectivity index (χ0) is 14.7. The number of piperazine rings is 1. The van der Waals surface area contributed by atoms with E-state index in [1.165, 1.54) is 5.56 Å². The van der Waals surface area contributed by atoms with E-state index >= 15 is 0 Å². The predicted molar refractivity (Wildman–Crippen MR) is 81.7 cm³/mol. The molecule has 0 radical (unpaired) electrons. The molecule has 5 heteroatoms. The highest BCUT2D eigenvalue weighted by Crippen LogP contribution is 2.18. The second kappa shape index (κ2) is 6.01. The monoisotopic (exact) mass is 285 g/mol. The van der Waals surface area contributed by atoms with Crippen molar-refractivity contribution in [3.63, 3.8) is 0 Å². The molecule has 0 bridgehead atoms. The highest BCUT2D eigenvalue weighted by molar-refractivity contribution is 5.88. The molecule has 3 rings (SSSR count). The predicted octanol–water partition coefficient (Wildman–Crippen LogP) is 2.04. The number of aromatic amines is 1. The van der Waals surface area contributed by atoms with Crippen LogP contribution in [0.25, 0.3) is 0 Å². The van der Waals surface area contributed by atoms with Gasteiger partial charge in [-0.3, -0.25) is 4.90 Å². The van der Waals surface area contributed by atoms with Gasteiger partial charge >= 0.3 is 5.97 Å². The Bertz CT molecular complexity index is 584. The minimum Gasteiger partial charge on any atom is -0.478 e. The number of carbonyl (C=O) groups is 1. The van der Waals surface area contributed by atoms with Crippen molar-refractivity contribution < 1.29 is 9.90 Å². The number of aromatic carboxylic acids is 1. The normalized spacial score (nSPS) is 16.1. The van der Waals surface area contributed by atoms with E-state index in [1.54, 1.807) is 12.1 Å². The molecule has 0 amide bonds. The molecule has 5 nitrogen and oxygen atoms in total. The Labute approximate surface area is 123 Å². The summed E-state index contributed by atoms with van der Waals surface area (Å²) < 4.78 is 0. The molecular weight excluding hydrogens is 266 g/mol. The van der Waals surface area contributed by atoms with Crippen LogP contribution in [0.4, 0.5) is 5.69 Å². The molecule has 2 N–H and O–H groups in total. The Kier molecular flexibility index (Phi) is 3.92. The Morgan fingerprint density at radius 1 is 1.10 bits per heavy atom. The third kappa shape index (κ3) is 3.25. The maximum Gasteiger partial charge on any atom is 0.335 e. The lowest BCUT2D eigenvalue weighted by atomic mass is 10.2. The average Bonchev–Trinajstić information content (AvgIpc) is 3.01. The maximum atomic E-state index is 10.9. The third-order valence-electron chi connectivity index (χ3n) is 3.92. The molecule has 0 unspecified atom stereocenters. The molecule has 1 aromatic heterocycles. The summed E-state index contributed by atoms with van der Waals surface area (Å²) in [6, 6.07) is 9.24. The number of hydrogen-bond acceptors (Lipinski definition) is 3. The fourth-order valence-electron chi connectivity index (χ4n) is 2.69. The van der Waals surface area contributed by atoms with Crippen molar-refractivity contribution in [1.82, 2.24) is 9.88 Å². The zero-order valence-electron chi connectivity index (χ0n) is 11.8. The van der Waals surface area contributed by atoms with Gasteiger partial charge in [0, 0.05) is 50.8 Å². The van der Waals surface area contributed by atoms with E-state index in [2.05, 4.69) is 20.9 Å². The summed E-state index contributed by atoms with van der Waals surface area (Å²) in [5.74, 6) is -0.877. The second-order valence-electron chi connectivity index (χ2n) is 5.33. The summed E-state index contributed by atoms with van der Waals surface area (Å²) in [6.07, 6.45) is 3.99. The Morgan fingerprint density at radius 2 is 1.81 bits per heavy atom. The highest BCUT2D eigenvalue weighted by atomic mass is 16.4. The second-order valence-corrected chi connectivity index (χ2v) is 5.33. The summed E-state index contributed by atoms with van der Waals surface area (Å²) in [6.45, 7) is 4.96. The van der Waals surface area contributed by atoms with Crippen LogP contribution in [0.15, 0.2) is 42.7 Å². The van der Waals surface area contributed by atoms with Crippen LogP contribution < -0.4 is 4.90 Å². The number of anilines is 1. The number of benzene rings is 1. The van der Waals surface area contributed by atoms with E-state index in [1.807, 2.05) is 24.5 Å². The average molecular weight is 285 g/mol. The van der Waals surface area contributed by atoms with Crippen LogP contribution in [-0.4, -0.2) is 47.1 Å². The van der Waals surface area contributed by atoms with Gasteiger partial charge in [-0.05, 0) is 35.9 Å². The molecule has 1 aliphatic heterocycles. The van der Waals surface area contributed by atoms with Crippen LogP contribution in [-0.2, 0) is 6.54 Å². The molecule has 0 aliphatic carbocycles. The summed E-state index contributed by atoms with van der Waals surface area (Å²) in [7, 11) is 0. The molecule has 2 heterocycles. The van der Waals surface area contributed by atoms with Crippen LogP contribution in [0.5, 0.6) is 0 Å². The largest absolute Gasteiger partial charge is 0.478 e. The van der Waals surface area contributed by atoms with Gasteiger partial charge in [0.2, 0.25) is 0 Å². The van der Waals surface area contributed by atoms with Crippen molar-refractivity contribution in [2.24, 2.45) is 0 Å². The smallest absolute Gasteiger partial charge is 0.335 e. The molecule has 110 valence electrons. The van der Waals surface area contributed by atoms with Crippen LogP contribution in [0.1, 0.15) is 15.9 Å². The Balaban J connectivity index is 1.56. The summed E-state index contributed by atoms with van der Waals surface area (Å²) >= 11 is 0. The Hall–Kier alpha value is -2.27. The van der Waals surface area contributed by atoms with Gasteiger partial charge < -0.3 is 15.0 Å². The Morgan fingerprint density at radius 3 is 2.38 bits per heavy atom. The van der Waals surface area contributed by atoms with E-state index in [0.717, 1.165) is 38.4 Å². The molecular formula is C16H19N3O2. The number of carboxylic acid groups (broad SMARTS) is 1. The maximum absolute atomic E-state index is 10.9. The first-order valence-corrected chi connectivity index (χ1v) is 7.15. The van der Waals surface area contributed by atoms with E-state index in [-0.39, 0.29) is 0 Å². The number of carboxylic acids is 1. The van der Waals surface area contributed by atoms with Gasteiger partial charge in [0.15, 0.2) is 0 Å². The SMILES string of the molecule is O=C(O)c1ccc(N2CCN(Cc3cc[nH]c3)CC2)cc1. The van der Waals surface area contributed by atoms with Crippen molar-refractivity contribution >= 4 is 11.7 Å². The fraction of sp³-hybridized carbons (Fsp3) is 0.312. The van der Waals surface area contributed by atoms with Gasteiger partial charge in [-0.1, -0.05) is 0 Å². The summed E-state index contributed by atoms with van der Waals surface area (Å²) in [5, 5.41) is 8.92. The van der Waals surface area contributed by atoms with Crippen molar-refractivity contribution in [1.29, 1.82) is 0 Å². The van der Waals surface area contributed by atoms with Gasteiger partial charge in [-0.2, -0.15) is 0 Å². The number of H-pyrrole nitrogens is 1. The molecule has 2 aromatic rings. The lowest BCUT2D eigenvalue weighted by molar-refractivity contribution is 0.0697. The van der Waals surface area contributed by atoms with Crippen LogP contribution >= 0.6 is 0 Å². The van der Waals surface area contributed by atoms with Crippen molar-refractivity contribution in [2.75, 3.05) is 31.1 Å². The highest BCUT2D eigenvalue weighted by Gasteiger charge is 2.17. The first kappa shape index (κ1) is 13.7. The van der Waals surface area contributed by atoms with Gasteiger partial charge in [0.05, 0.1) is 5.56 Å².